The molecule has 0 aliphatic heterocycles. The first-order valence-electron chi connectivity index (χ1n) is 10.7. The standard InChI is InChI=1S/C26H22INO9/c1-34-19-7-3-5-15(13-19)25(32)36-21(23(29)28-18-11-9-17(27)10-12-18)22(24(30)31)37-26(33)16-6-4-8-20(14-16)35-2/h3-14,21-22H,1-2H3,(H,28,29)(H,30,31)/t21-,22-/m0/s1. The largest absolute Gasteiger partial charge is 0.497 e. The number of carboxylic acids is 1. The molecule has 0 aromatic heterocycles. The van der Waals surface area contributed by atoms with Crippen molar-refractivity contribution in [3.05, 3.63) is 87.5 Å². The minimum atomic E-state index is -2.17. The molecule has 192 valence electrons. The maximum atomic E-state index is 13.2. The Balaban J connectivity index is 1.92. The smallest absolute Gasteiger partial charge is 0.349 e. The van der Waals surface area contributed by atoms with Crippen LogP contribution in [0.2, 0.25) is 0 Å². The van der Waals surface area contributed by atoms with Crippen LogP contribution in [0.1, 0.15) is 20.7 Å². The molecule has 3 aromatic carbocycles. The summed E-state index contributed by atoms with van der Waals surface area (Å²) in [6.45, 7) is 0. The molecule has 1 amide bonds. The molecular weight excluding hydrogens is 597 g/mol. The predicted octanol–water partition coefficient (Wildman–Crippen LogP) is 3.78. The molecule has 2 N–H and O–H groups in total. The van der Waals surface area contributed by atoms with Gasteiger partial charge in [0.1, 0.15) is 11.5 Å². The van der Waals surface area contributed by atoms with Crippen molar-refractivity contribution in [1.82, 2.24) is 0 Å². The molecule has 10 nitrogen and oxygen atoms in total. The van der Waals surface area contributed by atoms with Crippen molar-refractivity contribution in [2.75, 3.05) is 19.5 Å². The molecule has 0 saturated heterocycles. The van der Waals surface area contributed by atoms with Gasteiger partial charge in [-0.1, -0.05) is 12.1 Å². The van der Waals surface area contributed by atoms with Crippen molar-refractivity contribution >= 4 is 52.1 Å². The maximum Gasteiger partial charge on any atom is 0.349 e. The van der Waals surface area contributed by atoms with Crippen molar-refractivity contribution in [3.8, 4) is 11.5 Å². The van der Waals surface area contributed by atoms with Crippen LogP contribution in [0.15, 0.2) is 72.8 Å². The highest BCUT2D eigenvalue weighted by Crippen LogP contribution is 2.20. The van der Waals surface area contributed by atoms with Crippen LogP contribution in [0.3, 0.4) is 0 Å². The Labute approximate surface area is 225 Å². The fourth-order valence-electron chi connectivity index (χ4n) is 3.11. The predicted molar refractivity (Wildman–Crippen MR) is 140 cm³/mol. The summed E-state index contributed by atoms with van der Waals surface area (Å²) < 4.78 is 21.5. The first-order chi connectivity index (χ1) is 17.7. The van der Waals surface area contributed by atoms with Gasteiger partial charge in [0.2, 0.25) is 12.2 Å². The van der Waals surface area contributed by atoms with Gasteiger partial charge in [-0.3, -0.25) is 4.79 Å². The SMILES string of the molecule is COc1cccc(C(=O)O[C@H](C(=O)O)[C@H](OC(=O)c2cccc(OC)c2)C(=O)Nc2ccc(I)cc2)c1. The molecule has 0 aliphatic carbocycles. The lowest BCUT2D eigenvalue weighted by molar-refractivity contribution is -0.157. The summed E-state index contributed by atoms with van der Waals surface area (Å²) in [4.78, 5) is 51.0. The van der Waals surface area contributed by atoms with Crippen LogP contribution in [0, 0.1) is 3.57 Å². The fraction of sp³-hybridized carbons (Fsp3) is 0.154. The highest BCUT2D eigenvalue weighted by molar-refractivity contribution is 14.1. The second-order valence-corrected chi connectivity index (χ2v) is 8.70. The van der Waals surface area contributed by atoms with E-state index in [1.807, 2.05) is 0 Å². The summed E-state index contributed by atoms with van der Waals surface area (Å²) in [7, 11) is 2.80. The van der Waals surface area contributed by atoms with Crippen molar-refractivity contribution < 1.29 is 43.2 Å². The van der Waals surface area contributed by atoms with Crippen LogP contribution in [0.25, 0.3) is 0 Å². The van der Waals surface area contributed by atoms with E-state index < -0.39 is 36.0 Å². The number of esters is 2. The number of anilines is 1. The summed E-state index contributed by atoms with van der Waals surface area (Å²) in [5, 5.41) is 12.4. The number of carboxylic acid groups (broad SMARTS) is 1. The Hall–Kier alpha value is -4.13. The van der Waals surface area contributed by atoms with Gasteiger partial charge in [-0.15, -0.1) is 0 Å². The number of aliphatic carboxylic acids is 1. The van der Waals surface area contributed by atoms with E-state index in [1.54, 1.807) is 36.4 Å². The molecule has 2 atom stereocenters. The molecule has 0 saturated carbocycles. The van der Waals surface area contributed by atoms with Crippen LogP contribution >= 0.6 is 22.6 Å². The van der Waals surface area contributed by atoms with Gasteiger partial charge < -0.3 is 29.4 Å². The summed E-state index contributed by atoms with van der Waals surface area (Å²) in [6.07, 6.45) is -4.21. The van der Waals surface area contributed by atoms with Crippen LogP contribution in [0.4, 0.5) is 5.69 Å². The van der Waals surface area contributed by atoms with Gasteiger partial charge in [-0.2, -0.15) is 0 Å². The third kappa shape index (κ3) is 7.43. The van der Waals surface area contributed by atoms with Crippen molar-refractivity contribution in [2.24, 2.45) is 0 Å². The number of benzene rings is 3. The van der Waals surface area contributed by atoms with Gasteiger partial charge >= 0.3 is 17.9 Å². The number of ether oxygens (including phenoxy) is 4. The number of halogens is 1. The van der Waals surface area contributed by atoms with E-state index in [9.17, 15) is 24.3 Å². The molecule has 37 heavy (non-hydrogen) atoms. The second-order valence-electron chi connectivity index (χ2n) is 7.45. The van der Waals surface area contributed by atoms with Gasteiger partial charge in [0.15, 0.2) is 0 Å². The summed E-state index contributed by atoms with van der Waals surface area (Å²) in [5.74, 6) is -4.12. The quantitative estimate of drug-likeness (QED) is 0.257. The Morgan fingerprint density at radius 1 is 0.757 bits per heavy atom. The van der Waals surface area contributed by atoms with Gasteiger partial charge in [0.25, 0.3) is 5.91 Å². The molecule has 0 bridgehead atoms. The normalized spacial score (nSPS) is 12.0. The van der Waals surface area contributed by atoms with E-state index in [0.29, 0.717) is 17.2 Å². The van der Waals surface area contributed by atoms with Crippen LogP contribution in [0.5, 0.6) is 11.5 Å². The van der Waals surface area contributed by atoms with Gasteiger partial charge in [0, 0.05) is 9.26 Å². The van der Waals surface area contributed by atoms with Crippen molar-refractivity contribution in [2.45, 2.75) is 12.2 Å². The minimum Gasteiger partial charge on any atom is -0.497 e. The molecule has 0 fully saturated rings. The number of rotatable bonds is 10. The van der Waals surface area contributed by atoms with E-state index >= 15 is 0 Å². The topological polar surface area (TPSA) is 137 Å². The zero-order valence-corrected chi connectivity index (χ0v) is 21.8. The van der Waals surface area contributed by atoms with Gasteiger partial charge in [-0.05, 0) is 83.3 Å². The second kappa shape index (κ2) is 12.7. The zero-order chi connectivity index (χ0) is 26.9. The number of methoxy groups -OCH3 is 2. The van der Waals surface area contributed by atoms with Gasteiger partial charge in [0.05, 0.1) is 25.3 Å². The molecular formula is C26H22INO9. The number of carbonyl (C=O) groups is 4. The third-order valence-electron chi connectivity index (χ3n) is 4.97. The number of nitrogens with one attached hydrogen (secondary N) is 1. The van der Waals surface area contributed by atoms with E-state index in [4.69, 9.17) is 18.9 Å². The summed E-state index contributed by atoms with van der Waals surface area (Å²) in [6, 6.07) is 18.3. The number of carbonyl (C=O) groups excluding carboxylic acids is 3. The minimum absolute atomic E-state index is 0.00493. The average molecular weight is 619 g/mol. The molecule has 0 unspecified atom stereocenters. The summed E-state index contributed by atoms with van der Waals surface area (Å²) in [5.41, 5.74) is 0.285. The van der Waals surface area contributed by atoms with E-state index in [1.165, 1.54) is 50.6 Å². The Kier molecular flexibility index (Phi) is 9.44. The van der Waals surface area contributed by atoms with Crippen LogP contribution in [-0.4, -0.2) is 55.3 Å². The number of amides is 1. The molecule has 11 heteroatoms. The zero-order valence-electron chi connectivity index (χ0n) is 19.7. The molecule has 3 rings (SSSR count). The average Bonchev–Trinajstić information content (AvgIpc) is 2.91. The molecule has 0 spiro atoms. The Morgan fingerprint density at radius 3 is 1.70 bits per heavy atom. The first-order valence-corrected chi connectivity index (χ1v) is 11.8. The lowest BCUT2D eigenvalue weighted by atomic mass is 10.1. The molecule has 0 radical (unpaired) electrons. The van der Waals surface area contributed by atoms with Crippen LogP contribution < -0.4 is 14.8 Å². The monoisotopic (exact) mass is 619 g/mol. The number of hydrogen-bond donors (Lipinski definition) is 2. The van der Waals surface area contributed by atoms with Crippen molar-refractivity contribution in [1.29, 1.82) is 0 Å². The molecule has 0 aliphatic rings. The van der Waals surface area contributed by atoms with Crippen molar-refractivity contribution in [3.63, 3.8) is 0 Å². The summed E-state index contributed by atoms with van der Waals surface area (Å²) >= 11 is 2.08. The maximum absolute atomic E-state index is 13.2. The highest BCUT2D eigenvalue weighted by Gasteiger charge is 2.41. The van der Waals surface area contributed by atoms with Gasteiger partial charge in [-0.25, -0.2) is 14.4 Å². The number of hydrogen-bond acceptors (Lipinski definition) is 8. The molecule has 3 aromatic rings. The fourth-order valence-corrected chi connectivity index (χ4v) is 3.47. The Morgan fingerprint density at radius 2 is 1.24 bits per heavy atom. The lowest BCUT2D eigenvalue weighted by Gasteiger charge is -2.23. The van der Waals surface area contributed by atoms with Crippen LogP contribution in [-0.2, 0) is 19.1 Å². The first kappa shape index (κ1) is 27.5. The molecule has 0 heterocycles. The third-order valence-corrected chi connectivity index (χ3v) is 5.69. The lowest BCUT2D eigenvalue weighted by Crippen LogP contribution is -2.48. The Bertz CT molecular complexity index is 1290. The highest BCUT2D eigenvalue weighted by atomic mass is 127. The van der Waals surface area contributed by atoms with E-state index in [2.05, 4.69) is 27.9 Å². The van der Waals surface area contributed by atoms with E-state index in [-0.39, 0.29) is 11.1 Å². The van der Waals surface area contributed by atoms with E-state index in [0.717, 1.165) is 3.57 Å².